The molecule has 1 amide bonds. The minimum absolute atomic E-state index is 0.0243. The normalized spacial score (nSPS) is 24.5. The molecule has 0 aromatic carbocycles. The largest absolute Gasteiger partial charge is 0.481 e. The van der Waals surface area contributed by atoms with Gasteiger partial charge in [-0.1, -0.05) is 12.8 Å². The first-order chi connectivity index (χ1) is 11.1. The Balaban J connectivity index is 2.06. The number of aliphatic carboxylic acids is 1. The van der Waals surface area contributed by atoms with E-state index in [1.807, 2.05) is 0 Å². The quantitative estimate of drug-likeness (QED) is 0.699. The Morgan fingerprint density at radius 3 is 2.71 bits per heavy atom. The summed E-state index contributed by atoms with van der Waals surface area (Å²) in [5.41, 5.74) is -0.834. The van der Waals surface area contributed by atoms with Gasteiger partial charge in [-0.2, -0.15) is 0 Å². The number of furan rings is 1. The number of carboxylic acid groups (broad SMARTS) is 1. The highest BCUT2D eigenvalue weighted by Gasteiger charge is 2.42. The van der Waals surface area contributed by atoms with E-state index in [1.165, 1.54) is 12.1 Å². The number of carboxylic acids is 1. The number of hydrogen-bond donors (Lipinski definition) is 3. The van der Waals surface area contributed by atoms with Crippen molar-refractivity contribution >= 4 is 21.9 Å². The number of nitrogens with one attached hydrogen (secondary N) is 2. The van der Waals surface area contributed by atoms with Crippen LogP contribution in [0.5, 0.6) is 0 Å². The van der Waals surface area contributed by atoms with Crippen LogP contribution in [-0.2, 0) is 21.4 Å². The molecule has 1 heterocycles. The summed E-state index contributed by atoms with van der Waals surface area (Å²) in [6.45, 7) is 1.68. The third-order valence-corrected chi connectivity index (χ3v) is 4.97. The van der Waals surface area contributed by atoms with E-state index >= 15 is 0 Å². The molecule has 3 N–H and O–H groups in total. The van der Waals surface area contributed by atoms with E-state index in [2.05, 4.69) is 10.0 Å². The predicted molar refractivity (Wildman–Crippen MR) is 85.9 cm³/mol. The maximum atomic E-state index is 12.4. The second kappa shape index (κ2) is 6.94. The van der Waals surface area contributed by atoms with Crippen molar-refractivity contribution in [1.82, 2.24) is 10.0 Å². The zero-order valence-electron chi connectivity index (χ0n) is 13.7. The topological polar surface area (TPSA) is 126 Å². The fourth-order valence-corrected chi connectivity index (χ4v) is 3.40. The van der Waals surface area contributed by atoms with Gasteiger partial charge in [0.05, 0.1) is 24.3 Å². The lowest BCUT2D eigenvalue weighted by molar-refractivity contribution is -0.145. The highest BCUT2D eigenvalue weighted by atomic mass is 32.2. The zero-order chi connectivity index (χ0) is 18.0. The van der Waals surface area contributed by atoms with Crippen molar-refractivity contribution in [3.63, 3.8) is 0 Å². The second-order valence-electron chi connectivity index (χ2n) is 6.37. The first-order valence-electron chi connectivity index (χ1n) is 7.69. The molecular weight excluding hydrogens is 336 g/mol. The van der Waals surface area contributed by atoms with Crippen LogP contribution in [0.2, 0.25) is 0 Å². The van der Waals surface area contributed by atoms with Gasteiger partial charge in [-0.15, -0.1) is 0 Å². The van der Waals surface area contributed by atoms with Gasteiger partial charge in [0.2, 0.25) is 10.0 Å². The number of sulfonamides is 1. The van der Waals surface area contributed by atoms with Crippen LogP contribution in [0.15, 0.2) is 16.5 Å². The van der Waals surface area contributed by atoms with Gasteiger partial charge in [0.25, 0.3) is 5.91 Å². The molecule has 1 fully saturated rings. The van der Waals surface area contributed by atoms with Crippen LogP contribution in [0.1, 0.15) is 48.9 Å². The van der Waals surface area contributed by atoms with Crippen molar-refractivity contribution in [3.8, 4) is 0 Å². The molecule has 1 aromatic rings. The van der Waals surface area contributed by atoms with Gasteiger partial charge in [-0.05, 0) is 31.9 Å². The van der Waals surface area contributed by atoms with E-state index in [0.717, 1.165) is 19.1 Å². The van der Waals surface area contributed by atoms with E-state index in [-0.39, 0.29) is 12.3 Å². The second-order valence-corrected chi connectivity index (χ2v) is 8.20. The summed E-state index contributed by atoms with van der Waals surface area (Å²) in [7, 11) is -3.36. The molecule has 0 aliphatic heterocycles. The summed E-state index contributed by atoms with van der Waals surface area (Å²) >= 11 is 0. The standard InChI is InChI=1S/C15H22N2O6S/c1-15(8-4-3-5-11(15)14(19)20)17-13(18)12-7-6-10(23-12)9-16-24(2,21)22/h6-7,11,16H,3-5,8-9H2,1-2H3,(H,17,18)(H,19,20). The molecule has 1 aliphatic carbocycles. The fraction of sp³-hybridized carbons (Fsp3) is 0.600. The summed E-state index contributed by atoms with van der Waals surface area (Å²) in [5, 5.41) is 12.1. The van der Waals surface area contributed by atoms with Crippen molar-refractivity contribution in [2.24, 2.45) is 5.92 Å². The molecule has 1 saturated carbocycles. The van der Waals surface area contributed by atoms with Crippen LogP contribution >= 0.6 is 0 Å². The van der Waals surface area contributed by atoms with Gasteiger partial charge in [-0.25, -0.2) is 13.1 Å². The van der Waals surface area contributed by atoms with Crippen molar-refractivity contribution in [1.29, 1.82) is 0 Å². The molecule has 134 valence electrons. The minimum atomic E-state index is -3.36. The molecule has 0 bridgehead atoms. The van der Waals surface area contributed by atoms with Gasteiger partial charge in [0.15, 0.2) is 5.76 Å². The Bertz CT molecular complexity index is 726. The number of carbonyl (C=O) groups is 2. The van der Waals surface area contributed by atoms with Crippen LogP contribution in [-0.4, -0.2) is 37.2 Å². The lowest BCUT2D eigenvalue weighted by Gasteiger charge is -2.39. The average molecular weight is 358 g/mol. The maximum Gasteiger partial charge on any atom is 0.308 e. The predicted octanol–water partition coefficient (Wildman–Crippen LogP) is 1.09. The van der Waals surface area contributed by atoms with Crippen molar-refractivity contribution in [2.45, 2.75) is 44.7 Å². The van der Waals surface area contributed by atoms with Crippen molar-refractivity contribution < 1.29 is 27.5 Å². The third kappa shape index (κ3) is 4.57. The molecular formula is C15H22N2O6S. The lowest BCUT2D eigenvalue weighted by Crippen LogP contribution is -2.55. The van der Waals surface area contributed by atoms with Crippen LogP contribution in [0.25, 0.3) is 0 Å². The fourth-order valence-electron chi connectivity index (χ4n) is 3.00. The van der Waals surface area contributed by atoms with Gasteiger partial charge in [0, 0.05) is 0 Å². The van der Waals surface area contributed by atoms with E-state index in [0.29, 0.717) is 18.6 Å². The Hall–Kier alpha value is -1.87. The van der Waals surface area contributed by atoms with Crippen LogP contribution in [0.3, 0.4) is 0 Å². The van der Waals surface area contributed by atoms with E-state index in [1.54, 1.807) is 6.92 Å². The lowest BCUT2D eigenvalue weighted by atomic mass is 9.74. The van der Waals surface area contributed by atoms with Crippen molar-refractivity contribution in [2.75, 3.05) is 6.26 Å². The number of hydrogen-bond acceptors (Lipinski definition) is 5. The van der Waals surface area contributed by atoms with E-state index in [9.17, 15) is 23.1 Å². The van der Waals surface area contributed by atoms with Gasteiger partial charge in [0.1, 0.15) is 5.76 Å². The minimum Gasteiger partial charge on any atom is -0.481 e. The van der Waals surface area contributed by atoms with Crippen molar-refractivity contribution in [3.05, 3.63) is 23.7 Å². The summed E-state index contributed by atoms with van der Waals surface area (Å²) in [6, 6.07) is 2.95. The average Bonchev–Trinajstić information content (AvgIpc) is 2.93. The molecule has 9 heteroatoms. The molecule has 0 radical (unpaired) electrons. The number of carbonyl (C=O) groups excluding carboxylic acids is 1. The Kier molecular flexibility index (Phi) is 5.34. The molecule has 1 aliphatic rings. The van der Waals surface area contributed by atoms with Gasteiger partial charge in [-0.3, -0.25) is 9.59 Å². The molecule has 24 heavy (non-hydrogen) atoms. The van der Waals surface area contributed by atoms with Gasteiger partial charge < -0.3 is 14.8 Å². The van der Waals surface area contributed by atoms with E-state index < -0.39 is 33.4 Å². The molecule has 0 saturated heterocycles. The van der Waals surface area contributed by atoms with Gasteiger partial charge >= 0.3 is 5.97 Å². The Labute approximate surface area is 140 Å². The van der Waals surface area contributed by atoms with E-state index in [4.69, 9.17) is 4.42 Å². The summed E-state index contributed by atoms with van der Waals surface area (Å²) in [5.74, 6) is -1.74. The monoisotopic (exact) mass is 358 g/mol. The summed E-state index contributed by atoms with van der Waals surface area (Å²) in [6.07, 6.45) is 3.80. The first-order valence-corrected chi connectivity index (χ1v) is 9.58. The van der Waals surface area contributed by atoms with Crippen LogP contribution in [0, 0.1) is 5.92 Å². The smallest absolute Gasteiger partial charge is 0.308 e. The Morgan fingerprint density at radius 2 is 2.08 bits per heavy atom. The maximum absolute atomic E-state index is 12.4. The molecule has 2 unspecified atom stereocenters. The molecule has 8 nitrogen and oxygen atoms in total. The molecule has 2 atom stereocenters. The first kappa shape index (κ1) is 18.5. The molecule has 2 rings (SSSR count). The number of rotatable bonds is 6. The van der Waals surface area contributed by atoms with Crippen LogP contribution < -0.4 is 10.0 Å². The highest BCUT2D eigenvalue weighted by Crippen LogP contribution is 2.34. The highest BCUT2D eigenvalue weighted by molar-refractivity contribution is 7.88. The summed E-state index contributed by atoms with van der Waals surface area (Å²) < 4.78 is 29.7. The SMILES string of the molecule is CC1(NC(=O)c2ccc(CNS(C)(=O)=O)o2)CCCCC1C(=O)O. The zero-order valence-corrected chi connectivity index (χ0v) is 14.5. The summed E-state index contributed by atoms with van der Waals surface area (Å²) in [4.78, 5) is 23.8. The molecule has 0 spiro atoms. The Morgan fingerprint density at radius 1 is 1.38 bits per heavy atom. The van der Waals surface area contributed by atoms with Crippen LogP contribution in [0.4, 0.5) is 0 Å². The third-order valence-electron chi connectivity index (χ3n) is 4.30. The molecule has 1 aromatic heterocycles. The number of amides is 1.